The summed E-state index contributed by atoms with van der Waals surface area (Å²) in [6.07, 6.45) is 3.58. The smallest absolute Gasteiger partial charge is 0.258 e. The molecule has 1 aliphatic rings. The summed E-state index contributed by atoms with van der Waals surface area (Å²) in [7, 11) is 0. The van der Waals surface area contributed by atoms with E-state index in [4.69, 9.17) is 32.7 Å². The Morgan fingerprint density at radius 1 is 0.735 bits per heavy atom. The van der Waals surface area contributed by atoms with Gasteiger partial charge in [0.05, 0.1) is 0 Å². The summed E-state index contributed by atoms with van der Waals surface area (Å²) in [6.45, 7) is 7.46. The molecule has 3 rings (SSSR count). The van der Waals surface area contributed by atoms with E-state index < -0.39 is 0 Å². The molecule has 2 unspecified atom stereocenters. The molecule has 34 heavy (non-hydrogen) atoms. The topological polar surface area (TPSA) is 76.7 Å². The maximum Gasteiger partial charge on any atom is 0.258 e. The number of hydrogen-bond acceptors (Lipinski definition) is 4. The van der Waals surface area contributed by atoms with Gasteiger partial charge >= 0.3 is 0 Å². The third-order valence-electron chi connectivity index (χ3n) is 6.52. The normalized spacial score (nSPS) is 17.7. The Hall–Kier alpha value is -2.44. The Kier molecular flexibility index (Phi) is 9.09. The van der Waals surface area contributed by atoms with E-state index in [0.29, 0.717) is 21.5 Å². The molecule has 0 aromatic heterocycles. The van der Waals surface area contributed by atoms with Crippen molar-refractivity contribution in [1.29, 1.82) is 0 Å². The number of hydrogen-bond donors (Lipinski definition) is 2. The van der Waals surface area contributed by atoms with Gasteiger partial charge in [0, 0.05) is 22.1 Å². The summed E-state index contributed by atoms with van der Waals surface area (Å²) >= 11 is 12.3. The van der Waals surface area contributed by atoms with Crippen LogP contribution in [-0.4, -0.2) is 37.1 Å². The zero-order valence-corrected chi connectivity index (χ0v) is 21.6. The van der Waals surface area contributed by atoms with Gasteiger partial charge in [-0.05, 0) is 87.1 Å². The molecule has 2 aromatic carbocycles. The van der Waals surface area contributed by atoms with Gasteiger partial charge in [0.2, 0.25) is 0 Å². The van der Waals surface area contributed by atoms with Crippen LogP contribution in [0.2, 0.25) is 10.0 Å². The van der Waals surface area contributed by atoms with Crippen LogP contribution in [-0.2, 0) is 9.59 Å². The molecule has 1 saturated carbocycles. The summed E-state index contributed by atoms with van der Waals surface area (Å²) in [4.78, 5) is 25.2. The first-order valence-electron chi connectivity index (χ1n) is 11.5. The van der Waals surface area contributed by atoms with Gasteiger partial charge < -0.3 is 20.1 Å². The minimum Gasteiger partial charge on any atom is -0.483 e. The van der Waals surface area contributed by atoms with Crippen molar-refractivity contribution in [2.45, 2.75) is 65.5 Å². The summed E-state index contributed by atoms with van der Waals surface area (Å²) < 4.78 is 11.4. The zero-order chi connectivity index (χ0) is 24.8. The fourth-order valence-electron chi connectivity index (χ4n) is 4.10. The fraction of sp³-hybridized carbons (Fsp3) is 0.462. The first kappa shape index (κ1) is 26.2. The second-order valence-electron chi connectivity index (χ2n) is 8.80. The summed E-state index contributed by atoms with van der Waals surface area (Å²) in [6, 6.07) is 6.76. The van der Waals surface area contributed by atoms with Crippen molar-refractivity contribution in [2.75, 3.05) is 13.2 Å². The number of carbonyl (C=O) groups excluding carboxylic acids is 2. The van der Waals surface area contributed by atoms with Crippen LogP contribution in [0.4, 0.5) is 0 Å². The van der Waals surface area contributed by atoms with E-state index in [1.54, 1.807) is 24.3 Å². The number of amides is 2. The van der Waals surface area contributed by atoms with Gasteiger partial charge in [0.25, 0.3) is 11.8 Å². The zero-order valence-electron chi connectivity index (χ0n) is 20.1. The standard InChI is InChI=1S/C26H32Cl2N2O4/c1-15-17(3)23(11-9-19(15)27)33-13-25(31)29-21-7-5-6-8-22(21)30-26(32)14-34-24-12-10-20(28)16(2)18(24)4/h9-12,21-22H,5-8,13-14H2,1-4H3,(H,29,31)(H,30,32). The quantitative estimate of drug-likeness (QED) is 0.513. The third kappa shape index (κ3) is 6.57. The lowest BCUT2D eigenvalue weighted by molar-refractivity contribution is -0.127. The predicted octanol–water partition coefficient (Wildman–Crippen LogP) is 5.23. The Balaban J connectivity index is 1.51. The Morgan fingerprint density at radius 3 is 1.50 bits per heavy atom. The number of rotatable bonds is 8. The van der Waals surface area contributed by atoms with E-state index >= 15 is 0 Å². The third-order valence-corrected chi connectivity index (χ3v) is 7.34. The first-order valence-corrected chi connectivity index (χ1v) is 12.3. The molecule has 0 spiro atoms. The van der Waals surface area contributed by atoms with Gasteiger partial charge in [-0.2, -0.15) is 0 Å². The van der Waals surface area contributed by atoms with Crippen LogP contribution < -0.4 is 20.1 Å². The van der Waals surface area contributed by atoms with Crippen molar-refractivity contribution in [3.05, 3.63) is 56.6 Å². The number of halogens is 2. The maximum absolute atomic E-state index is 12.6. The molecular formula is C26H32Cl2N2O4. The van der Waals surface area contributed by atoms with Crippen LogP contribution in [0.3, 0.4) is 0 Å². The minimum absolute atomic E-state index is 0.0998. The number of nitrogens with one attached hydrogen (secondary N) is 2. The average molecular weight is 507 g/mol. The number of ether oxygens (including phenoxy) is 2. The summed E-state index contributed by atoms with van der Waals surface area (Å²) in [5, 5.41) is 7.39. The van der Waals surface area contributed by atoms with Crippen LogP contribution in [0.25, 0.3) is 0 Å². The van der Waals surface area contributed by atoms with Crippen LogP contribution in [0.15, 0.2) is 24.3 Å². The lowest BCUT2D eigenvalue weighted by atomic mass is 9.90. The number of benzene rings is 2. The highest BCUT2D eigenvalue weighted by Crippen LogP contribution is 2.28. The Labute approximate surface area is 211 Å². The molecule has 2 N–H and O–H groups in total. The van der Waals surface area contributed by atoms with Crippen molar-refractivity contribution in [1.82, 2.24) is 10.6 Å². The van der Waals surface area contributed by atoms with Crippen LogP contribution in [0.5, 0.6) is 11.5 Å². The highest BCUT2D eigenvalue weighted by molar-refractivity contribution is 6.31. The van der Waals surface area contributed by atoms with Gasteiger partial charge in [0.15, 0.2) is 13.2 Å². The van der Waals surface area contributed by atoms with E-state index in [9.17, 15) is 9.59 Å². The van der Waals surface area contributed by atoms with Crippen molar-refractivity contribution in [2.24, 2.45) is 0 Å². The van der Waals surface area contributed by atoms with Gasteiger partial charge in [-0.15, -0.1) is 0 Å². The van der Waals surface area contributed by atoms with Crippen molar-refractivity contribution >= 4 is 35.0 Å². The number of carbonyl (C=O) groups is 2. The molecule has 0 saturated heterocycles. The molecule has 0 bridgehead atoms. The predicted molar refractivity (Wildman–Crippen MR) is 135 cm³/mol. The maximum atomic E-state index is 12.6. The first-order chi connectivity index (χ1) is 16.2. The van der Waals surface area contributed by atoms with E-state index in [1.807, 2.05) is 27.7 Å². The highest BCUT2D eigenvalue weighted by Gasteiger charge is 2.28. The minimum atomic E-state index is -0.221. The van der Waals surface area contributed by atoms with Gasteiger partial charge in [0.1, 0.15) is 11.5 Å². The van der Waals surface area contributed by atoms with Gasteiger partial charge in [-0.3, -0.25) is 9.59 Å². The molecular weight excluding hydrogens is 475 g/mol. The largest absolute Gasteiger partial charge is 0.483 e. The van der Waals surface area contributed by atoms with Crippen molar-refractivity contribution in [3.8, 4) is 11.5 Å². The SMILES string of the molecule is Cc1c(Cl)ccc(OCC(=O)NC2CCCCC2NC(=O)COc2ccc(Cl)c(C)c2C)c1C. The van der Waals surface area contributed by atoms with Crippen LogP contribution in [0, 0.1) is 27.7 Å². The van der Waals surface area contributed by atoms with E-state index in [-0.39, 0.29) is 37.1 Å². The molecule has 2 aromatic rings. The van der Waals surface area contributed by atoms with Gasteiger partial charge in [-0.25, -0.2) is 0 Å². The molecule has 2 atom stereocenters. The molecule has 2 amide bonds. The Morgan fingerprint density at radius 2 is 1.12 bits per heavy atom. The fourth-order valence-corrected chi connectivity index (χ4v) is 4.51. The lowest BCUT2D eigenvalue weighted by Crippen LogP contribution is -2.54. The molecule has 0 heterocycles. The van der Waals surface area contributed by atoms with Gasteiger partial charge in [-0.1, -0.05) is 36.0 Å². The monoisotopic (exact) mass is 506 g/mol. The molecule has 1 aliphatic carbocycles. The average Bonchev–Trinajstić information content (AvgIpc) is 2.81. The summed E-state index contributed by atoms with van der Waals surface area (Å²) in [5.41, 5.74) is 3.69. The molecule has 184 valence electrons. The second kappa shape index (κ2) is 11.8. The summed E-state index contributed by atoms with van der Waals surface area (Å²) in [5.74, 6) is 0.828. The molecule has 8 heteroatoms. The van der Waals surface area contributed by atoms with E-state index in [0.717, 1.165) is 47.9 Å². The van der Waals surface area contributed by atoms with Crippen LogP contribution >= 0.6 is 23.2 Å². The van der Waals surface area contributed by atoms with Crippen molar-refractivity contribution < 1.29 is 19.1 Å². The lowest BCUT2D eigenvalue weighted by Gasteiger charge is -2.32. The highest BCUT2D eigenvalue weighted by atomic mass is 35.5. The molecule has 0 aliphatic heterocycles. The van der Waals surface area contributed by atoms with E-state index in [2.05, 4.69) is 10.6 Å². The molecule has 1 fully saturated rings. The molecule has 6 nitrogen and oxygen atoms in total. The second-order valence-corrected chi connectivity index (χ2v) is 9.62. The van der Waals surface area contributed by atoms with Crippen molar-refractivity contribution in [3.63, 3.8) is 0 Å². The van der Waals surface area contributed by atoms with Crippen LogP contribution in [0.1, 0.15) is 47.9 Å². The Bertz CT molecular complexity index is 974. The molecule has 0 radical (unpaired) electrons. The van der Waals surface area contributed by atoms with E-state index in [1.165, 1.54) is 0 Å².